The lowest BCUT2D eigenvalue weighted by atomic mass is 9.89. The van der Waals surface area contributed by atoms with Gasteiger partial charge < -0.3 is 29.7 Å². The summed E-state index contributed by atoms with van der Waals surface area (Å²) in [7, 11) is 4.58. The number of rotatable bonds is 8. The smallest absolute Gasteiger partial charge is 0.319 e. The number of carbonyl (C=O) groups is 2. The molecule has 2 aliphatic rings. The predicted octanol–water partition coefficient (Wildman–Crippen LogP) is 4.04. The van der Waals surface area contributed by atoms with E-state index < -0.39 is 0 Å². The van der Waals surface area contributed by atoms with Gasteiger partial charge in [0.2, 0.25) is 11.7 Å². The number of amides is 3. The number of benzene rings is 2. The number of nitrogens with zero attached hydrogens (tertiary/aromatic N) is 2. The third-order valence-corrected chi connectivity index (χ3v) is 7.78. The van der Waals surface area contributed by atoms with E-state index >= 15 is 0 Å². The number of nitrogens with one attached hydrogen (secondary N) is 2. The van der Waals surface area contributed by atoms with Gasteiger partial charge in [0.1, 0.15) is 0 Å². The zero-order valence-corrected chi connectivity index (χ0v) is 23.2. The van der Waals surface area contributed by atoms with Gasteiger partial charge in [0.15, 0.2) is 11.5 Å². The first kappa shape index (κ1) is 27.9. The molecule has 0 unspecified atom stereocenters. The quantitative estimate of drug-likeness (QED) is 0.521. The largest absolute Gasteiger partial charge is 0.493 e. The Kier molecular flexibility index (Phi) is 9.22. The van der Waals surface area contributed by atoms with Gasteiger partial charge in [0, 0.05) is 43.2 Å². The minimum absolute atomic E-state index is 0.0157. The first-order valence-electron chi connectivity index (χ1n) is 12.9. The molecule has 0 saturated carbocycles. The van der Waals surface area contributed by atoms with Crippen molar-refractivity contribution in [1.82, 2.24) is 15.1 Å². The van der Waals surface area contributed by atoms with Gasteiger partial charge in [-0.25, -0.2) is 4.79 Å². The van der Waals surface area contributed by atoms with Crippen LogP contribution in [0.2, 0.25) is 5.02 Å². The monoisotopic (exact) mass is 544 g/mol. The summed E-state index contributed by atoms with van der Waals surface area (Å²) in [6, 6.07) is 11.0. The van der Waals surface area contributed by atoms with Crippen LogP contribution < -0.4 is 24.8 Å². The second-order valence-electron chi connectivity index (χ2n) is 9.92. The molecule has 0 aromatic heterocycles. The third kappa shape index (κ3) is 6.63. The van der Waals surface area contributed by atoms with Crippen molar-refractivity contribution in [3.63, 3.8) is 0 Å². The minimum Gasteiger partial charge on any atom is -0.493 e. The fourth-order valence-electron chi connectivity index (χ4n) is 5.49. The van der Waals surface area contributed by atoms with E-state index in [0.717, 1.165) is 37.4 Å². The van der Waals surface area contributed by atoms with Gasteiger partial charge in [-0.05, 0) is 56.0 Å². The lowest BCUT2D eigenvalue weighted by Gasteiger charge is -2.38. The number of halogens is 1. The lowest BCUT2D eigenvalue weighted by Crippen LogP contribution is -2.54. The molecule has 2 heterocycles. The Morgan fingerprint density at radius 3 is 2.16 bits per heavy atom. The maximum Gasteiger partial charge on any atom is 0.319 e. The molecule has 2 saturated heterocycles. The molecule has 2 aliphatic heterocycles. The molecule has 206 valence electrons. The van der Waals surface area contributed by atoms with Crippen molar-refractivity contribution in [2.24, 2.45) is 5.92 Å². The number of hydrogen-bond donors (Lipinski definition) is 2. The number of hydrogen-bond acceptors (Lipinski definition) is 6. The molecule has 2 aromatic carbocycles. The highest BCUT2D eigenvalue weighted by molar-refractivity contribution is 6.30. The van der Waals surface area contributed by atoms with Crippen LogP contribution in [-0.2, 0) is 11.2 Å². The van der Waals surface area contributed by atoms with Crippen LogP contribution in [0.5, 0.6) is 17.2 Å². The molecular formula is C28H37ClN4O5. The minimum atomic E-state index is -0.350. The molecule has 2 aromatic rings. The molecule has 2 N–H and O–H groups in total. The van der Waals surface area contributed by atoms with Crippen LogP contribution in [0.25, 0.3) is 0 Å². The lowest BCUT2D eigenvalue weighted by molar-refractivity contribution is -0.128. The van der Waals surface area contributed by atoms with Crippen molar-refractivity contribution in [1.29, 1.82) is 0 Å². The molecule has 38 heavy (non-hydrogen) atoms. The van der Waals surface area contributed by atoms with E-state index in [2.05, 4.69) is 27.7 Å². The first-order valence-corrected chi connectivity index (χ1v) is 13.3. The number of ether oxygens (including phenoxy) is 3. The predicted molar refractivity (Wildman–Crippen MR) is 148 cm³/mol. The fraction of sp³-hybridized carbons (Fsp3) is 0.500. The highest BCUT2D eigenvalue weighted by Gasteiger charge is 2.39. The summed E-state index contributed by atoms with van der Waals surface area (Å²) in [5.74, 6) is 1.97. The molecule has 0 radical (unpaired) electrons. The summed E-state index contributed by atoms with van der Waals surface area (Å²) in [5.41, 5.74) is 1.82. The van der Waals surface area contributed by atoms with Crippen molar-refractivity contribution in [2.75, 3.05) is 52.8 Å². The van der Waals surface area contributed by atoms with Crippen molar-refractivity contribution < 1.29 is 23.8 Å². The maximum atomic E-state index is 13.0. The van der Waals surface area contributed by atoms with Crippen LogP contribution in [0.15, 0.2) is 36.4 Å². The zero-order chi connectivity index (χ0) is 27.2. The van der Waals surface area contributed by atoms with E-state index in [1.54, 1.807) is 19.1 Å². The Hall–Kier alpha value is -3.17. The molecule has 2 fully saturated rings. The summed E-state index contributed by atoms with van der Waals surface area (Å²) in [5, 5.41) is 6.74. The summed E-state index contributed by atoms with van der Waals surface area (Å²) in [4.78, 5) is 29.5. The standard InChI is InChI=1S/C28H37ClN4O5/c1-18(34)33-16-23(31-28(35)30-22-14-25(36-2)27(38-4)26(15-22)37-3)24(17-33)32-11-9-20(10-12-32)13-19-5-7-21(29)8-6-19/h5-8,14-15,20,23-24H,9-13,16-17H2,1-4H3,(H2,30,31,35)/t23-,24-/m0/s1. The molecule has 9 nitrogen and oxygen atoms in total. The average molecular weight is 545 g/mol. The molecule has 0 aliphatic carbocycles. The summed E-state index contributed by atoms with van der Waals surface area (Å²) in [6.45, 7) is 4.52. The Morgan fingerprint density at radius 1 is 0.974 bits per heavy atom. The van der Waals surface area contributed by atoms with E-state index in [0.29, 0.717) is 41.9 Å². The molecule has 10 heteroatoms. The first-order chi connectivity index (χ1) is 18.3. The number of methoxy groups -OCH3 is 3. The van der Waals surface area contributed by atoms with Gasteiger partial charge in [-0.3, -0.25) is 9.69 Å². The molecule has 0 bridgehead atoms. The van der Waals surface area contributed by atoms with Crippen LogP contribution in [-0.4, -0.2) is 81.3 Å². The Morgan fingerprint density at radius 2 is 1.61 bits per heavy atom. The molecule has 0 spiro atoms. The number of carbonyl (C=O) groups excluding carboxylic acids is 2. The van der Waals surface area contributed by atoms with Gasteiger partial charge in [0.25, 0.3) is 0 Å². The summed E-state index contributed by atoms with van der Waals surface area (Å²) >= 11 is 6.03. The average Bonchev–Trinajstić information content (AvgIpc) is 3.33. The number of piperidine rings is 1. The molecule has 4 rings (SSSR count). The number of urea groups is 1. The fourth-order valence-corrected chi connectivity index (χ4v) is 5.61. The van der Waals surface area contributed by atoms with Gasteiger partial charge in [-0.15, -0.1) is 0 Å². The SMILES string of the molecule is COc1cc(NC(=O)N[C@H]2CN(C(C)=O)C[C@@H]2N2CCC(Cc3ccc(Cl)cc3)CC2)cc(OC)c1OC. The topological polar surface area (TPSA) is 92.4 Å². The molecule has 2 atom stereocenters. The Labute approximate surface area is 229 Å². The third-order valence-electron chi connectivity index (χ3n) is 7.53. The number of likely N-dealkylation sites (tertiary alicyclic amines) is 2. The van der Waals surface area contributed by atoms with Gasteiger partial charge in [0.05, 0.1) is 33.1 Å². The van der Waals surface area contributed by atoms with E-state index in [9.17, 15) is 9.59 Å². The highest BCUT2D eigenvalue weighted by Crippen LogP contribution is 2.40. The van der Waals surface area contributed by atoms with E-state index in [1.165, 1.54) is 26.9 Å². The van der Waals surface area contributed by atoms with Crippen molar-refractivity contribution in [3.05, 3.63) is 47.0 Å². The van der Waals surface area contributed by atoms with Gasteiger partial charge in [-0.2, -0.15) is 0 Å². The van der Waals surface area contributed by atoms with Crippen LogP contribution in [0.4, 0.5) is 10.5 Å². The molecule has 3 amide bonds. The Bertz CT molecular complexity index is 1100. The van der Waals surface area contributed by atoms with Crippen molar-refractivity contribution in [3.8, 4) is 17.2 Å². The summed E-state index contributed by atoms with van der Waals surface area (Å²) < 4.78 is 16.1. The van der Waals surface area contributed by atoms with Crippen LogP contribution in [0.3, 0.4) is 0 Å². The van der Waals surface area contributed by atoms with E-state index in [-0.39, 0.29) is 24.0 Å². The zero-order valence-electron chi connectivity index (χ0n) is 22.5. The van der Waals surface area contributed by atoms with Gasteiger partial charge in [-0.1, -0.05) is 23.7 Å². The van der Waals surface area contributed by atoms with Crippen LogP contribution in [0.1, 0.15) is 25.3 Å². The Balaban J connectivity index is 1.39. The van der Waals surface area contributed by atoms with E-state index in [4.69, 9.17) is 25.8 Å². The van der Waals surface area contributed by atoms with E-state index in [1.807, 2.05) is 17.0 Å². The van der Waals surface area contributed by atoms with Gasteiger partial charge >= 0.3 is 6.03 Å². The normalized spacial score (nSPS) is 20.2. The van der Waals surface area contributed by atoms with Crippen molar-refractivity contribution >= 4 is 29.2 Å². The van der Waals surface area contributed by atoms with Crippen LogP contribution >= 0.6 is 11.6 Å². The maximum absolute atomic E-state index is 13.0. The van der Waals surface area contributed by atoms with Crippen LogP contribution in [0, 0.1) is 5.92 Å². The second kappa shape index (κ2) is 12.6. The van der Waals surface area contributed by atoms with Crippen molar-refractivity contribution in [2.45, 2.75) is 38.3 Å². The second-order valence-corrected chi connectivity index (χ2v) is 10.4. The summed E-state index contributed by atoms with van der Waals surface area (Å²) in [6.07, 6.45) is 3.18. The highest BCUT2D eigenvalue weighted by atomic mass is 35.5. The number of anilines is 1. The molecular weight excluding hydrogens is 508 g/mol.